The van der Waals surface area contributed by atoms with Gasteiger partial charge in [-0.15, -0.1) is 0 Å². The van der Waals surface area contributed by atoms with Gasteiger partial charge in [0.25, 0.3) is 11.8 Å². The van der Waals surface area contributed by atoms with Crippen molar-refractivity contribution in [2.75, 3.05) is 74.3 Å². The van der Waals surface area contributed by atoms with Gasteiger partial charge in [0.05, 0.1) is 32.3 Å². The van der Waals surface area contributed by atoms with E-state index in [2.05, 4.69) is 5.32 Å². The minimum absolute atomic E-state index is 0.0485. The van der Waals surface area contributed by atoms with Crippen LogP contribution in [0.2, 0.25) is 0 Å². The van der Waals surface area contributed by atoms with Crippen LogP contribution in [0, 0.1) is 18.3 Å². The molecule has 3 saturated heterocycles. The molecule has 2 unspecified atom stereocenters. The van der Waals surface area contributed by atoms with E-state index in [0.29, 0.717) is 58.1 Å². The quantitative estimate of drug-likeness (QED) is 0.371. The molecule has 2 amide bonds. The van der Waals surface area contributed by atoms with Gasteiger partial charge in [-0.3, -0.25) is 19.9 Å². The highest BCUT2D eigenvalue weighted by atomic mass is 16.5. The Morgan fingerprint density at radius 3 is 2.34 bits per heavy atom. The van der Waals surface area contributed by atoms with Crippen molar-refractivity contribution in [3.05, 3.63) is 54.1 Å². The number of ether oxygens (including phenoxy) is 3. The molecule has 0 spiro atoms. The lowest BCUT2D eigenvalue weighted by Crippen LogP contribution is -2.74. The highest BCUT2D eigenvalue weighted by molar-refractivity contribution is 6.37. The minimum Gasteiger partial charge on any atom is -0.462 e. The fourth-order valence-corrected chi connectivity index (χ4v) is 5.91. The van der Waals surface area contributed by atoms with E-state index in [-0.39, 0.29) is 30.7 Å². The van der Waals surface area contributed by atoms with Crippen molar-refractivity contribution < 1.29 is 28.6 Å². The van der Waals surface area contributed by atoms with Crippen molar-refractivity contribution in [2.24, 2.45) is 5.92 Å². The van der Waals surface area contributed by atoms with Crippen molar-refractivity contribution in [1.29, 1.82) is 5.41 Å². The Labute approximate surface area is 239 Å². The van der Waals surface area contributed by atoms with Gasteiger partial charge in [-0.2, -0.15) is 0 Å². The number of esters is 1. The smallest absolute Gasteiger partial charge is 0.352 e. The summed E-state index contributed by atoms with van der Waals surface area (Å²) in [6.07, 6.45) is 0.364. The SMILES string of the molecule is CCOC(=O)C(=N)C1CCN(c2ccc(N3CCOCC3=O)cc2)C(=O)C1(Nc1cccc(C)c1)N1CCOCC1. The fourth-order valence-electron chi connectivity index (χ4n) is 5.91. The Morgan fingerprint density at radius 1 is 1.00 bits per heavy atom. The molecule has 5 rings (SSSR count). The van der Waals surface area contributed by atoms with Crippen LogP contribution in [0.3, 0.4) is 0 Å². The lowest BCUT2D eigenvalue weighted by atomic mass is 9.78. The van der Waals surface area contributed by atoms with Crippen LogP contribution in [0.15, 0.2) is 48.5 Å². The van der Waals surface area contributed by atoms with Gasteiger partial charge in [0, 0.05) is 43.2 Å². The summed E-state index contributed by atoms with van der Waals surface area (Å²) in [6.45, 7) is 6.85. The number of piperidine rings is 1. The van der Waals surface area contributed by atoms with E-state index in [1.165, 1.54) is 0 Å². The Hall–Kier alpha value is -3.80. The van der Waals surface area contributed by atoms with E-state index < -0.39 is 17.6 Å². The number of carbonyl (C=O) groups excluding carboxylic acids is 3. The molecule has 2 aromatic rings. The number of hydrogen-bond donors (Lipinski definition) is 2. The monoisotopic (exact) mass is 563 g/mol. The topological polar surface area (TPSA) is 124 Å². The zero-order chi connectivity index (χ0) is 29.0. The summed E-state index contributed by atoms with van der Waals surface area (Å²) in [7, 11) is 0. The summed E-state index contributed by atoms with van der Waals surface area (Å²) < 4.78 is 16.1. The number of morpholine rings is 2. The highest BCUT2D eigenvalue weighted by Crippen LogP contribution is 2.39. The summed E-state index contributed by atoms with van der Waals surface area (Å²) in [5.41, 5.74) is 1.48. The fraction of sp³-hybridized carbons (Fsp3) is 0.467. The summed E-state index contributed by atoms with van der Waals surface area (Å²) in [4.78, 5) is 45.5. The molecule has 11 heteroatoms. The number of nitrogens with zero attached hydrogens (tertiary/aromatic N) is 3. The first-order valence-corrected chi connectivity index (χ1v) is 14.1. The third-order valence-electron chi connectivity index (χ3n) is 7.88. The van der Waals surface area contributed by atoms with Gasteiger partial charge in [-0.05, 0) is 62.2 Å². The number of hydrogen-bond acceptors (Lipinski definition) is 9. The van der Waals surface area contributed by atoms with Gasteiger partial charge in [0.2, 0.25) is 0 Å². The molecule has 2 N–H and O–H groups in total. The lowest BCUT2D eigenvalue weighted by molar-refractivity contribution is -0.139. The third kappa shape index (κ3) is 5.70. The van der Waals surface area contributed by atoms with Crippen molar-refractivity contribution in [3.63, 3.8) is 0 Å². The summed E-state index contributed by atoms with van der Waals surface area (Å²) in [6, 6.07) is 15.1. The van der Waals surface area contributed by atoms with Crippen molar-refractivity contribution >= 4 is 40.6 Å². The van der Waals surface area contributed by atoms with Crippen LogP contribution in [-0.4, -0.2) is 93.3 Å². The normalized spacial score (nSPS) is 23.8. The van der Waals surface area contributed by atoms with E-state index in [0.717, 1.165) is 16.9 Å². The van der Waals surface area contributed by atoms with Crippen LogP contribution in [0.4, 0.5) is 17.1 Å². The maximum Gasteiger partial charge on any atom is 0.352 e. The molecule has 3 aliphatic rings. The number of carbonyl (C=O) groups is 3. The summed E-state index contributed by atoms with van der Waals surface area (Å²) in [5, 5.41) is 12.4. The number of rotatable bonds is 8. The van der Waals surface area contributed by atoms with Crippen LogP contribution in [-0.2, 0) is 28.6 Å². The van der Waals surface area contributed by atoms with Gasteiger partial charge < -0.3 is 29.3 Å². The predicted octanol–water partition coefficient (Wildman–Crippen LogP) is 2.43. The van der Waals surface area contributed by atoms with Gasteiger partial charge in [-0.1, -0.05) is 12.1 Å². The first-order valence-electron chi connectivity index (χ1n) is 14.1. The molecule has 3 fully saturated rings. The van der Waals surface area contributed by atoms with E-state index >= 15 is 0 Å². The van der Waals surface area contributed by atoms with Crippen LogP contribution >= 0.6 is 0 Å². The average Bonchev–Trinajstić information content (AvgIpc) is 2.99. The molecule has 41 heavy (non-hydrogen) atoms. The van der Waals surface area contributed by atoms with Crippen LogP contribution in [0.1, 0.15) is 18.9 Å². The Morgan fingerprint density at radius 2 is 1.68 bits per heavy atom. The standard InChI is InChI=1S/C30H37N5O6/c1-3-41-28(37)27(31)25-11-12-35(24-9-7-23(8-10-24)34-15-18-40-20-26(34)36)29(38)30(25,33-13-16-39-17-14-33)32-22-6-4-5-21(2)19-22/h4-10,19,25,31-32H,3,11-18,20H2,1-2H3. The van der Waals surface area contributed by atoms with E-state index in [4.69, 9.17) is 19.6 Å². The Bertz CT molecular complexity index is 1290. The van der Waals surface area contributed by atoms with Crippen molar-refractivity contribution in [2.45, 2.75) is 25.9 Å². The van der Waals surface area contributed by atoms with Crippen molar-refractivity contribution in [3.8, 4) is 0 Å². The van der Waals surface area contributed by atoms with Gasteiger partial charge in [0.15, 0.2) is 5.66 Å². The molecule has 0 bridgehead atoms. The molecule has 2 atom stereocenters. The molecular weight excluding hydrogens is 526 g/mol. The van der Waals surface area contributed by atoms with Crippen LogP contribution in [0.25, 0.3) is 0 Å². The first-order chi connectivity index (χ1) is 19.8. The highest BCUT2D eigenvalue weighted by Gasteiger charge is 2.58. The van der Waals surface area contributed by atoms with E-state index in [1.54, 1.807) is 16.7 Å². The zero-order valence-electron chi connectivity index (χ0n) is 23.6. The maximum absolute atomic E-state index is 14.8. The molecule has 11 nitrogen and oxygen atoms in total. The average molecular weight is 564 g/mol. The second kappa shape index (κ2) is 12.4. The van der Waals surface area contributed by atoms with E-state index in [1.807, 2.05) is 60.4 Å². The molecule has 3 aliphatic heterocycles. The molecular formula is C30H37N5O6. The molecule has 218 valence electrons. The summed E-state index contributed by atoms with van der Waals surface area (Å²) in [5.74, 6) is -1.86. The molecule has 0 radical (unpaired) electrons. The van der Waals surface area contributed by atoms with Crippen LogP contribution < -0.4 is 15.1 Å². The summed E-state index contributed by atoms with van der Waals surface area (Å²) >= 11 is 0. The first kappa shape index (κ1) is 28.7. The molecule has 0 aromatic heterocycles. The third-order valence-corrected chi connectivity index (χ3v) is 7.88. The molecule has 0 saturated carbocycles. The second-order valence-corrected chi connectivity index (χ2v) is 10.4. The zero-order valence-corrected chi connectivity index (χ0v) is 23.6. The van der Waals surface area contributed by atoms with Crippen LogP contribution in [0.5, 0.6) is 0 Å². The largest absolute Gasteiger partial charge is 0.462 e. The molecule has 2 aromatic carbocycles. The Kier molecular flexibility index (Phi) is 8.67. The Balaban J connectivity index is 1.55. The second-order valence-electron chi connectivity index (χ2n) is 10.4. The number of anilines is 3. The van der Waals surface area contributed by atoms with Gasteiger partial charge in [0.1, 0.15) is 12.3 Å². The number of aryl methyl sites for hydroxylation is 1. The number of nitrogens with one attached hydrogen (secondary N) is 2. The predicted molar refractivity (Wildman–Crippen MR) is 154 cm³/mol. The minimum atomic E-state index is -1.43. The van der Waals surface area contributed by atoms with Crippen molar-refractivity contribution in [1.82, 2.24) is 4.90 Å². The maximum atomic E-state index is 14.8. The number of benzene rings is 2. The lowest BCUT2D eigenvalue weighted by Gasteiger charge is -2.53. The molecule has 3 heterocycles. The van der Waals surface area contributed by atoms with Gasteiger partial charge >= 0.3 is 5.97 Å². The van der Waals surface area contributed by atoms with E-state index in [9.17, 15) is 14.4 Å². The molecule has 0 aliphatic carbocycles. The van der Waals surface area contributed by atoms with Gasteiger partial charge in [-0.25, -0.2) is 4.79 Å². The number of amides is 2.